The Hall–Kier alpha value is -2.03. The number of anilines is 2. The van der Waals surface area contributed by atoms with Crippen molar-refractivity contribution in [2.75, 3.05) is 23.9 Å². The summed E-state index contributed by atoms with van der Waals surface area (Å²) in [5, 5.41) is 2.99. The van der Waals surface area contributed by atoms with Crippen molar-refractivity contribution in [3.05, 3.63) is 18.7 Å². The fraction of sp³-hybridized carbons (Fsp3) is 0.400. The molecule has 19 heavy (non-hydrogen) atoms. The van der Waals surface area contributed by atoms with Crippen molar-refractivity contribution in [1.29, 1.82) is 0 Å². The van der Waals surface area contributed by atoms with Crippen molar-refractivity contribution in [1.82, 2.24) is 24.5 Å². The van der Waals surface area contributed by atoms with E-state index in [1.54, 1.807) is 29.5 Å². The van der Waals surface area contributed by atoms with Crippen LogP contribution in [0.1, 0.15) is 6.92 Å². The van der Waals surface area contributed by atoms with Crippen molar-refractivity contribution in [2.24, 2.45) is 0 Å². The summed E-state index contributed by atoms with van der Waals surface area (Å²) in [6.45, 7) is 2.38. The zero-order valence-electron chi connectivity index (χ0n) is 10.6. The molecule has 0 aliphatic rings. The highest BCUT2D eigenvalue weighted by molar-refractivity contribution is 7.84. The summed E-state index contributed by atoms with van der Waals surface area (Å²) in [5.41, 5.74) is 5.64. The fourth-order valence-corrected chi connectivity index (χ4v) is 1.62. The minimum absolute atomic E-state index is 0.00492. The summed E-state index contributed by atoms with van der Waals surface area (Å²) in [7, 11) is -0.904. The predicted octanol–water partition coefficient (Wildman–Crippen LogP) is -0.182. The van der Waals surface area contributed by atoms with E-state index in [0.29, 0.717) is 18.4 Å². The molecule has 0 spiro atoms. The maximum Gasteiger partial charge on any atom is 0.241 e. The lowest BCUT2D eigenvalue weighted by molar-refractivity contribution is 0.678. The van der Waals surface area contributed by atoms with E-state index in [-0.39, 0.29) is 11.2 Å². The molecule has 102 valence electrons. The van der Waals surface area contributed by atoms with Crippen molar-refractivity contribution < 1.29 is 4.21 Å². The second kappa shape index (κ2) is 5.74. The monoisotopic (exact) mass is 281 g/mol. The molecular formula is C10H15N7OS. The van der Waals surface area contributed by atoms with E-state index in [1.807, 2.05) is 6.92 Å². The second-order valence-electron chi connectivity index (χ2n) is 3.98. The molecule has 2 aromatic heterocycles. The van der Waals surface area contributed by atoms with Crippen LogP contribution in [0.5, 0.6) is 0 Å². The molecule has 2 aromatic rings. The van der Waals surface area contributed by atoms with E-state index in [2.05, 4.69) is 25.3 Å². The summed E-state index contributed by atoms with van der Waals surface area (Å²) >= 11 is 0. The Morgan fingerprint density at radius 3 is 2.89 bits per heavy atom. The van der Waals surface area contributed by atoms with Gasteiger partial charge in [-0.05, 0) is 6.92 Å². The van der Waals surface area contributed by atoms with Crippen LogP contribution >= 0.6 is 0 Å². The molecule has 0 radical (unpaired) electrons. The van der Waals surface area contributed by atoms with Crippen LogP contribution in [0.15, 0.2) is 18.7 Å². The Kier molecular flexibility index (Phi) is 4.05. The first-order valence-corrected chi connectivity index (χ1v) is 7.24. The molecule has 0 aliphatic carbocycles. The van der Waals surface area contributed by atoms with E-state index in [4.69, 9.17) is 5.73 Å². The molecule has 3 N–H and O–H groups in total. The summed E-state index contributed by atoms with van der Waals surface area (Å²) in [6.07, 6.45) is 6.56. The average Bonchev–Trinajstić information content (AvgIpc) is 2.89. The Morgan fingerprint density at radius 1 is 1.47 bits per heavy atom. The molecular weight excluding hydrogens is 266 g/mol. The number of nitrogen functional groups attached to an aromatic ring is 1. The minimum atomic E-state index is -0.904. The number of hydrogen-bond donors (Lipinski definition) is 2. The van der Waals surface area contributed by atoms with Crippen molar-refractivity contribution in [3.63, 3.8) is 0 Å². The molecule has 0 fully saturated rings. The van der Waals surface area contributed by atoms with Crippen molar-refractivity contribution in [3.8, 4) is 5.95 Å². The van der Waals surface area contributed by atoms with Crippen LogP contribution in [-0.2, 0) is 10.8 Å². The summed E-state index contributed by atoms with van der Waals surface area (Å²) in [4.78, 5) is 16.1. The van der Waals surface area contributed by atoms with Gasteiger partial charge in [0.1, 0.15) is 6.33 Å². The molecule has 8 nitrogen and oxygen atoms in total. The first-order chi connectivity index (χ1) is 9.06. The molecule has 0 saturated heterocycles. The zero-order valence-corrected chi connectivity index (χ0v) is 11.5. The predicted molar refractivity (Wildman–Crippen MR) is 73.4 cm³/mol. The standard InChI is InChI=1S/C10H15N7OS/c1-7(19(2)18)5-13-9-14-8(11)15-10(16-9)17-4-3-12-6-17/h3-4,6-7H,5H2,1-2H3,(H3,11,13,14,15,16). The largest absolute Gasteiger partial charge is 0.368 e. The number of hydrogen-bond acceptors (Lipinski definition) is 7. The Morgan fingerprint density at radius 2 is 2.26 bits per heavy atom. The van der Waals surface area contributed by atoms with E-state index in [9.17, 15) is 4.21 Å². The van der Waals surface area contributed by atoms with Gasteiger partial charge in [0, 0.05) is 41.2 Å². The zero-order chi connectivity index (χ0) is 13.8. The van der Waals surface area contributed by atoms with Crippen LogP contribution in [0.3, 0.4) is 0 Å². The highest BCUT2D eigenvalue weighted by atomic mass is 32.2. The van der Waals surface area contributed by atoms with Crippen LogP contribution in [0.25, 0.3) is 5.95 Å². The van der Waals surface area contributed by atoms with Gasteiger partial charge in [-0.15, -0.1) is 0 Å². The molecule has 0 saturated carbocycles. The molecule has 0 aliphatic heterocycles. The van der Waals surface area contributed by atoms with Gasteiger partial charge in [-0.2, -0.15) is 15.0 Å². The SMILES string of the molecule is CC(CNc1nc(N)nc(-n2ccnc2)n1)S(C)=O. The number of imidazole rings is 1. The van der Waals surface area contributed by atoms with Gasteiger partial charge in [-0.25, -0.2) is 4.98 Å². The van der Waals surface area contributed by atoms with Gasteiger partial charge in [0.15, 0.2) is 0 Å². The van der Waals surface area contributed by atoms with Gasteiger partial charge in [-0.3, -0.25) is 8.78 Å². The number of nitrogens with two attached hydrogens (primary N) is 1. The van der Waals surface area contributed by atoms with Crippen LogP contribution < -0.4 is 11.1 Å². The minimum Gasteiger partial charge on any atom is -0.368 e. The van der Waals surface area contributed by atoms with Gasteiger partial charge < -0.3 is 11.1 Å². The third-order valence-corrected chi connectivity index (χ3v) is 3.79. The van der Waals surface area contributed by atoms with Gasteiger partial charge in [-0.1, -0.05) is 0 Å². The van der Waals surface area contributed by atoms with E-state index in [0.717, 1.165) is 0 Å². The summed E-state index contributed by atoms with van der Waals surface area (Å²) in [5.74, 6) is 0.859. The maximum atomic E-state index is 11.3. The van der Waals surface area contributed by atoms with Gasteiger partial charge in [0.2, 0.25) is 17.8 Å². The summed E-state index contributed by atoms with van der Waals surface area (Å²) < 4.78 is 12.9. The molecule has 0 amide bonds. The van der Waals surface area contributed by atoms with E-state index >= 15 is 0 Å². The molecule has 0 bridgehead atoms. The quantitative estimate of drug-likeness (QED) is 0.781. The highest BCUT2D eigenvalue weighted by Crippen LogP contribution is 2.07. The van der Waals surface area contributed by atoms with Crippen molar-refractivity contribution in [2.45, 2.75) is 12.2 Å². The lowest BCUT2D eigenvalue weighted by Gasteiger charge is -2.10. The number of nitrogens with one attached hydrogen (secondary N) is 1. The van der Waals surface area contributed by atoms with Crippen LogP contribution in [0.2, 0.25) is 0 Å². The third kappa shape index (κ3) is 3.47. The smallest absolute Gasteiger partial charge is 0.241 e. The summed E-state index contributed by atoms with van der Waals surface area (Å²) in [6, 6.07) is 0. The Balaban J connectivity index is 2.16. The first kappa shape index (κ1) is 13.4. The number of nitrogens with zero attached hydrogens (tertiary/aromatic N) is 5. The van der Waals surface area contributed by atoms with Gasteiger partial charge in [0.05, 0.1) is 0 Å². The van der Waals surface area contributed by atoms with Crippen LogP contribution in [0, 0.1) is 0 Å². The molecule has 2 rings (SSSR count). The topological polar surface area (TPSA) is 112 Å². The van der Waals surface area contributed by atoms with Crippen LogP contribution in [-0.4, -0.2) is 46.8 Å². The first-order valence-electron chi connectivity index (χ1n) is 5.62. The van der Waals surface area contributed by atoms with Gasteiger partial charge >= 0.3 is 0 Å². The average molecular weight is 281 g/mol. The third-order valence-electron chi connectivity index (χ3n) is 2.49. The van der Waals surface area contributed by atoms with Crippen molar-refractivity contribution >= 4 is 22.7 Å². The van der Waals surface area contributed by atoms with E-state index in [1.165, 1.54) is 0 Å². The second-order valence-corrected chi connectivity index (χ2v) is 5.78. The highest BCUT2D eigenvalue weighted by Gasteiger charge is 2.09. The van der Waals surface area contributed by atoms with E-state index < -0.39 is 10.8 Å². The maximum absolute atomic E-state index is 11.3. The normalized spacial score (nSPS) is 14.0. The Bertz CT molecular complexity index is 571. The van der Waals surface area contributed by atoms with Gasteiger partial charge in [0.25, 0.3) is 0 Å². The lowest BCUT2D eigenvalue weighted by atomic mass is 10.5. The lowest BCUT2D eigenvalue weighted by Crippen LogP contribution is -2.22. The Labute approximate surface area is 113 Å². The number of aromatic nitrogens is 5. The molecule has 2 atom stereocenters. The fourth-order valence-electron chi connectivity index (χ4n) is 1.31. The molecule has 2 heterocycles. The molecule has 9 heteroatoms. The van der Waals surface area contributed by atoms with Crippen LogP contribution in [0.4, 0.5) is 11.9 Å². The number of rotatable bonds is 5. The molecule has 0 aromatic carbocycles. The molecule has 2 unspecified atom stereocenters.